The van der Waals surface area contributed by atoms with E-state index in [0.717, 1.165) is 17.1 Å². The van der Waals surface area contributed by atoms with Crippen molar-refractivity contribution in [1.29, 1.82) is 0 Å². The van der Waals surface area contributed by atoms with Gasteiger partial charge in [0.25, 0.3) is 10.0 Å². The Hall–Kier alpha value is -3.14. The Labute approximate surface area is 238 Å². The average Bonchev–Trinajstić information content (AvgIpc) is 2.90. The highest BCUT2D eigenvalue weighted by Crippen LogP contribution is 2.30. The van der Waals surface area contributed by atoms with E-state index in [-0.39, 0.29) is 33.1 Å². The number of nitrogens with one attached hydrogen (secondary N) is 1. The second-order valence-electron chi connectivity index (χ2n) is 8.92. The summed E-state index contributed by atoms with van der Waals surface area (Å²) < 4.78 is 41.9. The van der Waals surface area contributed by atoms with Gasteiger partial charge in [0.05, 0.1) is 10.6 Å². The highest BCUT2D eigenvalue weighted by Gasteiger charge is 2.32. The van der Waals surface area contributed by atoms with Crippen LogP contribution in [0, 0.1) is 5.82 Å². The van der Waals surface area contributed by atoms with Crippen LogP contribution in [0.2, 0.25) is 10.0 Å². The molecule has 1 unspecified atom stereocenters. The molecule has 3 aromatic carbocycles. The van der Waals surface area contributed by atoms with E-state index in [1.807, 2.05) is 6.92 Å². The molecule has 0 aliphatic carbocycles. The molecule has 0 aliphatic heterocycles. The van der Waals surface area contributed by atoms with E-state index >= 15 is 0 Å². The molecule has 0 radical (unpaired) electrons. The minimum Gasteiger partial charge on any atom is -0.354 e. The Kier molecular flexibility index (Phi) is 10.7. The summed E-state index contributed by atoms with van der Waals surface area (Å²) in [4.78, 5) is 28.0. The number of amides is 2. The third kappa shape index (κ3) is 8.17. The molecule has 0 saturated carbocycles. The summed E-state index contributed by atoms with van der Waals surface area (Å²) in [5.74, 6) is -1.48. The zero-order valence-corrected chi connectivity index (χ0v) is 23.9. The minimum absolute atomic E-state index is 0.0376. The lowest BCUT2D eigenvalue weighted by Gasteiger charge is -2.32. The van der Waals surface area contributed by atoms with Gasteiger partial charge in [0.2, 0.25) is 11.8 Å². The van der Waals surface area contributed by atoms with Crippen LogP contribution in [-0.4, -0.2) is 44.3 Å². The second-order valence-corrected chi connectivity index (χ2v) is 11.7. The number of sulfonamides is 1. The SMILES string of the molecule is CCCCNC(=O)C(C)N(Cc1ccc(F)cc1)C(=O)CN(c1cc(Cl)cc(Cl)c1)S(=O)(=O)c1ccccc1. The maximum atomic E-state index is 13.8. The zero-order valence-electron chi connectivity index (χ0n) is 21.6. The van der Waals surface area contributed by atoms with Gasteiger partial charge in [-0.1, -0.05) is 66.9 Å². The van der Waals surface area contributed by atoms with Crippen LogP contribution in [0.1, 0.15) is 32.3 Å². The Bertz CT molecular complexity index is 1370. The van der Waals surface area contributed by atoms with Crippen molar-refractivity contribution in [3.8, 4) is 0 Å². The third-order valence-electron chi connectivity index (χ3n) is 6.01. The first-order chi connectivity index (χ1) is 18.5. The molecule has 0 aromatic heterocycles. The van der Waals surface area contributed by atoms with Crippen LogP contribution >= 0.6 is 23.2 Å². The van der Waals surface area contributed by atoms with Gasteiger partial charge in [-0.25, -0.2) is 12.8 Å². The number of hydrogen-bond donors (Lipinski definition) is 1. The van der Waals surface area contributed by atoms with Crippen molar-refractivity contribution in [2.75, 3.05) is 17.4 Å². The van der Waals surface area contributed by atoms with E-state index in [1.54, 1.807) is 25.1 Å². The molecule has 0 aliphatic rings. The lowest BCUT2D eigenvalue weighted by atomic mass is 10.1. The number of anilines is 1. The summed E-state index contributed by atoms with van der Waals surface area (Å²) in [6, 6.07) is 16.5. The molecule has 3 rings (SSSR count). The van der Waals surface area contributed by atoms with Gasteiger partial charge in [-0.2, -0.15) is 0 Å². The third-order valence-corrected chi connectivity index (χ3v) is 8.23. The number of rotatable bonds is 12. The van der Waals surface area contributed by atoms with Crippen LogP contribution in [0.15, 0.2) is 77.7 Å². The highest BCUT2D eigenvalue weighted by molar-refractivity contribution is 7.92. The van der Waals surface area contributed by atoms with Crippen molar-refractivity contribution in [3.05, 3.63) is 94.2 Å². The average molecular weight is 595 g/mol. The fourth-order valence-corrected chi connectivity index (χ4v) is 5.77. The monoisotopic (exact) mass is 593 g/mol. The molecular formula is C28H30Cl2FN3O4S. The van der Waals surface area contributed by atoms with Crippen LogP contribution in [0.4, 0.5) is 10.1 Å². The predicted octanol–water partition coefficient (Wildman–Crippen LogP) is 5.66. The maximum absolute atomic E-state index is 13.8. The second kappa shape index (κ2) is 13.8. The molecule has 3 aromatic rings. The molecule has 11 heteroatoms. The molecule has 0 saturated heterocycles. The van der Waals surface area contributed by atoms with Gasteiger partial charge in [-0.15, -0.1) is 0 Å². The first kappa shape index (κ1) is 30.4. The molecular weight excluding hydrogens is 564 g/mol. The van der Waals surface area contributed by atoms with E-state index in [2.05, 4.69) is 5.32 Å². The Morgan fingerprint density at radius 1 is 0.974 bits per heavy atom. The molecule has 0 bridgehead atoms. The topological polar surface area (TPSA) is 86.8 Å². The highest BCUT2D eigenvalue weighted by atomic mass is 35.5. The van der Waals surface area contributed by atoms with E-state index in [1.165, 1.54) is 59.5 Å². The molecule has 2 amide bonds. The summed E-state index contributed by atoms with van der Waals surface area (Å²) in [6.45, 7) is 3.31. The van der Waals surface area contributed by atoms with Gasteiger partial charge in [0.15, 0.2) is 0 Å². The van der Waals surface area contributed by atoms with Crippen LogP contribution in [-0.2, 0) is 26.2 Å². The number of nitrogens with zero attached hydrogens (tertiary/aromatic N) is 2. The summed E-state index contributed by atoms with van der Waals surface area (Å²) in [5.41, 5.74) is 0.660. The zero-order chi connectivity index (χ0) is 28.6. The van der Waals surface area contributed by atoms with Gasteiger partial charge >= 0.3 is 0 Å². The smallest absolute Gasteiger partial charge is 0.264 e. The first-order valence-corrected chi connectivity index (χ1v) is 14.6. The maximum Gasteiger partial charge on any atom is 0.264 e. The minimum atomic E-state index is -4.24. The lowest BCUT2D eigenvalue weighted by Crippen LogP contribution is -2.51. The number of carbonyl (C=O) groups is 2. The lowest BCUT2D eigenvalue weighted by molar-refractivity contribution is -0.139. The van der Waals surface area contributed by atoms with Crippen molar-refractivity contribution in [1.82, 2.24) is 10.2 Å². The number of halogens is 3. The Balaban J connectivity index is 2.01. The van der Waals surface area contributed by atoms with Crippen LogP contribution in [0.25, 0.3) is 0 Å². The van der Waals surface area contributed by atoms with Crippen molar-refractivity contribution in [2.45, 2.75) is 44.2 Å². The van der Waals surface area contributed by atoms with Crippen LogP contribution in [0.5, 0.6) is 0 Å². The number of hydrogen-bond acceptors (Lipinski definition) is 4. The summed E-state index contributed by atoms with van der Waals surface area (Å²) in [6.07, 6.45) is 1.64. The van der Waals surface area contributed by atoms with Crippen molar-refractivity contribution in [3.63, 3.8) is 0 Å². The van der Waals surface area contributed by atoms with Gasteiger partial charge < -0.3 is 10.2 Å². The van der Waals surface area contributed by atoms with E-state index in [0.29, 0.717) is 12.1 Å². The quantitative estimate of drug-likeness (QED) is 0.274. The molecule has 39 heavy (non-hydrogen) atoms. The predicted molar refractivity (Wildman–Crippen MR) is 152 cm³/mol. The number of carbonyl (C=O) groups excluding carboxylic acids is 2. The normalized spacial score (nSPS) is 12.0. The molecule has 208 valence electrons. The summed E-state index contributed by atoms with van der Waals surface area (Å²) >= 11 is 12.4. The fraction of sp³-hybridized carbons (Fsp3) is 0.286. The summed E-state index contributed by atoms with van der Waals surface area (Å²) in [7, 11) is -4.24. The number of benzene rings is 3. The molecule has 1 atom stereocenters. The van der Waals surface area contributed by atoms with E-state index < -0.39 is 34.3 Å². The van der Waals surface area contributed by atoms with Crippen molar-refractivity contribution < 1.29 is 22.4 Å². The Morgan fingerprint density at radius 3 is 2.18 bits per heavy atom. The van der Waals surface area contributed by atoms with E-state index in [9.17, 15) is 22.4 Å². The van der Waals surface area contributed by atoms with Gasteiger partial charge in [0, 0.05) is 23.1 Å². The van der Waals surface area contributed by atoms with Crippen molar-refractivity contribution >= 4 is 50.7 Å². The molecule has 0 fully saturated rings. The van der Waals surface area contributed by atoms with Gasteiger partial charge in [-0.3, -0.25) is 13.9 Å². The van der Waals surface area contributed by atoms with Crippen LogP contribution in [0.3, 0.4) is 0 Å². The first-order valence-electron chi connectivity index (χ1n) is 12.4. The Morgan fingerprint density at radius 2 is 1.59 bits per heavy atom. The van der Waals surface area contributed by atoms with Crippen molar-refractivity contribution in [2.24, 2.45) is 0 Å². The number of unbranched alkanes of at least 4 members (excludes halogenated alkanes) is 1. The molecule has 0 spiro atoms. The van der Waals surface area contributed by atoms with Gasteiger partial charge in [0.1, 0.15) is 18.4 Å². The van der Waals surface area contributed by atoms with Crippen LogP contribution < -0.4 is 9.62 Å². The largest absolute Gasteiger partial charge is 0.354 e. The molecule has 7 nitrogen and oxygen atoms in total. The standard InChI is InChI=1S/C28H30Cl2FN3O4S/c1-3-4-14-32-28(36)20(2)33(18-21-10-12-24(31)13-11-21)27(35)19-34(25-16-22(29)15-23(30)17-25)39(37,38)26-8-6-5-7-9-26/h5-13,15-17,20H,3-4,14,18-19H2,1-2H3,(H,32,36). The van der Waals surface area contributed by atoms with Gasteiger partial charge in [-0.05, 0) is 61.4 Å². The molecule has 0 heterocycles. The summed E-state index contributed by atoms with van der Waals surface area (Å²) in [5, 5.41) is 3.18. The van der Waals surface area contributed by atoms with E-state index in [4.69, 9.17) is 23.2 Å². The fourth-order valence-electron chi connectivity index (χ4n) is 3.84. The molecule has 1 N–H and O–H groups in total.